The highest BCUT2D eigenvalue weighted by Crippen LogP contribution is 2.11. The Labute approximate surface area is 106 Å². The standard InChI is InChI=1S/C10H8N6OS/c1-6-2-3-11-9-13-7(15-16(6)9)8(17)14-10-12-4-5-18-10/h2-5H,1H3,(H,12,14,17). The fraction of sp³-hybridized carbons (Fsp3) is 0.100. The van der Waals surface area contributed by atoms with Crippen LogP contribution in [0.5, 0.6) is 0 Å². The second kappa shape index (κ2) is 4.15. The van der Waals surface area contributed by atoms with Gasteiger partial charge in [0, 0.05) is 23.5 Å². The van der Waals surface area contributed by atoms with Crippen LogP contribution in [0, 0.1) is 6.92 Å². The minimum absolute atomic E-state index is 0.0759. The summed E-state index contributed by atoms with van der Waals surface area (Å²) < 4.78 is 1.52. The molecule has 3 aromatic heterocycles. The van der Waals surface area contributed by atoms with Crippen molar-refractivity contribution in [2.24, 2.45) is 0 Å². The van der Waals surface area contributed by atoms with Crippen molar-refractivity contribution in [2.75, 3.05) is 5.32 Å². The molecule has 3 heterocycles. The summed E-state index contributed by atoms with van der Waals surface area (Å²) in [6.07, 6.45) is 3.24. The van der Waals surface area contributed by atoms with E-state index in [0.717, 1.165) is 5.69 Å². The lowest BCUT2D eigenvalue weighted by Crippen LogP contribution is -2.13. The molecule has 0 saturated heterocycles. The molecule has 0 fully saturated rings. The number of thiazole rings is 1. The summed E-state index contributed by atoms with van der Waals surface area (Å²) in [6, 6.07) is 1.80. The molecule has 0 radical (unpaired) electrons. The maximum atomic E-state index is 11.9. The molecule has 8 heteroatoms. The molecule has 0 atom stereocenters. The number of nitrogens with zero attached hydrogens (tertiary/aromatic N) is 5. The average Bonchev–Trinajstić information content (AvgIpc) is 2.97. The maximum absolute atomic E-state index is 11.9. The van der Waals surface area contributed by atoms with Gasteiger partial charge in [0.1, 0.15) is 0 Å². The first kappa shape index (κ1) is 10.8. The van der Waals surface area contributed by atoms with Crippen molar-refractivity contribution in [1.82, 2.24) is 24.6 Å². The number of hydrogen-bond acceptors (Lipinski definition) is 6. The van der Waals surface area contributed by atoms with E-state index in [0.29, 0.717) is 10.9 Å². The average molecular weight is 260 g/mol. The van der Waals surface area contributed by atoms with Gasteiger partial charge in [-0.2, -0.15) is 4.98 Å². The highest BCUT2D eigenvalue weighted by atomic mass is 32.1. The van der Waals surface area contributed by atoms with Gasteiger partial charge >= 0.3 is 0 Å². The van der Waals surface area contributed by atoms with Crippen LogP contribution >= 0.6 is 11.3 Å². The maximum Gasteiger partial charge on any atom is 0.297 e. The smallest absolute Gasteiger partial charge is 0.295 e. The van der Waals surface area contributed by atoms with Crippen LogP contribution in [0.25, 0.3) is 5.78 Å². The Morgan fingerprint density at radius 1 is 1.39 bits per heavy atom. The van der Waals surface area contributed by atoms with E-state index in [1.807, 2.05) is 6.92 Å². The number of nitrogens with one attached hydrogen (secondary N) is 1. The molecular weight excluding hydrogens is 252 g/mol. The number of hydrogen-bond donors (Lipinski definition) is 1. The van der Waals surface area contributed by atoms with Gasteiger partial charge in [-0.05, 0) is 13.0 Å². The van der Waals surface area contributed by atoms with E-state index in [2.05, 4.69) is 25.4 Å². The van der Waals surface area contributed by atoms with Crippen LogP contribution in [0.15, 0.2) is 23.8 Å². The topological polar surface area (TPSA) is 85.1 Å². The van der Waals surface area contributed by atoms with E-state index in [4.69, 9.17) is 0 Å². The van der Waals surface area contributed by atoms with Gasteiger partial charge in [0.15, 0.2) is 5.13 Å². The molecule has 7 nitrogen and oxygen atoms in total. The molecule has 0 spiro atoms. The molecule has 1 N–H and O–H groups in total. The number of carbonyl (C=O) groups excluding carboxylic acids is 1. The zero-order valence-corrected chi connectivity index (χ0v) is 10.2. The van der Waals surface area contributed by atoms with Crippen LogP contribution in [-0.4, -0.2) is 30.5 Å². The fourth-order valence-electron chi connectivity index (χ4n) is 1.44. The van der Waals surface area contributed by atoms with Gasteiger partial charge in [-0.1, -0.05) is 0 Å². The van der Waals surface area contributed by atoms with E-state index in [1.165, 1.54) is 15.9 Å². The normalized spacial score (nSPS) is 10.7. The summed E-state index contributed by atoms with van der Waals surface area (Å²) in [5.74, 6) is 0.0844. The molecule has 0 aromatic carbocycles. The van der Waals surface area contributed by atoms with Gasteiger partial charge in [-0.3, -0.25) is 10.1 Å². The third kappa shape index (κ3) is 1.82. The summed E-state index contributed by atoms with van der Waals surface area (Å²) >= 11 is 1.33. The summed E-state index contributed by atoms with van der Waals surface area (Å²) in [5.41, 5.74) is 0.862. The minimum atomic E-state index is -0.394. The summed E-state index contributed by atoms with van der Waals surface area (Å²) in [7, 11) is 0. The van der Waals surface area contributed by atoms with E-state index >= 15 is 0 Å². The monoisotopic (exact) mass is 260 g/mol. The summed E-state index contributed by atoms with van der Waals surface area (Å²) in [4.78, 5) is 23.9. The number of fused-ring (bicyclic) bond motifs is 1. The Kier molecular flexibility index (Phi) is 2.49. The fourth-order valence-corrected chi connectivity index (χ4v) is 1.96. The van der Waals surface area contributed by atoms with Crippen molar-refractivity contribution in [2.45, 2.75) is 6.92 Å². The number of carbonyl (C=O) groups is 1. The summed E-state index contributed by atoms with van der Waals surface area (Å²) in [6.45, 7) is 1.87. The zero-order valence-electron chi connectivity index (χ0n) is 9.36. The van der Waals surface area contributed by atoms with Crippen LogP contribution in [0.3, 0.4) is 0 Å². The van der Waals surface area contributed by atoms with Crippen molar-refractivity contribution >= 4 is 28.2 Å². The molecule has 0 aliphatic rings. The molecule has 1 amide bonds. The minimum Gasteiger partial charge on any atom is -0.295 e. The van der Waals surface area contributed by atoms with Crippen molar-refractivity contribution in [1.29, 1.82) is 0 Å². The SMILES string of the molecule is Cc1ccnc2nc(C(=O)Nc3nccs3)nn12. The number of amides is 1. The largest absolute Gasteiger partial charge is 0.297 e. The third-order valence-corrected chi connectivity index (χ3v) is 2.97. The van der Waals surface area contributed by atoms with E-state index in [9.17, 15) is 4.79 Å². The van der Waals surface area contributed by atoms with Crippen LogP contribution in [0.1, 0.15) is 16.3 Å². The second-order valence-corrected chi connectivity index (χ2v) is 4.42. The number of aromatic nitrogens is 5. The molecule has 18 heavy (non-hydrogen) atoms. The second-order valence-electron chi connectivity index (χ2n) is 3.52. The molecular formula is C10H8N6OS. The Morgan fingerprint density at radius 2 is 2.28 bits per heavy atom. The van der Waals surface area contributed by atoms with Crippen molar-refractivity contribution in [3.05, 3.63) is 35.4 Å². The Balaban J connectivity index is 1.94. The third-order valence-electron chi connectivity index (χ3n) is 2.29. The lowest BCUT2D eigenvalue weighted by Gasteiger charge is -1.95. The molecule has 0 bridgehead atoms. The van der Waals surface area contributed by atoms with Crippen LogP contribution in [0.2, 0.25) is 0 Å². The van der Waals surface area contributed by atoms with Gasteiger partial charge in [0.25, 0.3) is 11.7 Å². The first-order chi connectivity index (χ1) is 8.74. The van der Waals surface area contributed by atoms with E-state index in [-0.39, 0.29) is 5.82 Å². The van der Waals surface area contributed by atoms with Gasteiger partial charge < -0.3 is 0 Å². The lowest BCUT2D eigenvalue weighted by atomic mass is 10.5. The number of rotatable bonds is 2. The molecule has 0 unspecified atom stereocenters. The lowest BCUT2D eigenvalue weighted by molar-refractivity contribution is 0.101. The first-order valence-corrected chi connectivity index (χ1v) is 6.01. The quantitative estimate of drug-likeness (QED) is 0.746. The molecule has 3 aromatic rings. The molecule has 0 aliphatic heterocycles. The highest BCUT2D eigenvalue weighted by Gasteiger charge is 2.15. The van der Waals surface area contributed by atoms with Crippen LogP contribution < -0.4 is 5.32 Å². The van der Waals surface area contributed by atoms with E-state index < -0.39 is 5.91 Å². The predicted molar refractivity (Wildman–Crippen MR) is 65.6 cm³/mol. The number of anilines is 1. The molecule has 90 valence electrons. The highest BCUT2D eigenvalue weighted by molar-refractivity contribution is 7.13. The van der Waals surface area contributed by atoms with Gasteiger partial charge in [0.2, 0.25) is 5.82 Å². The van der Waals surface area contributed by atoms with Gasteiger partial charge in [-0.25, -0.2) is 14.5 Å². The van der Waals surface area contributed by atoms with Gasteiger partial charge in [0.05, 0.1) is 0 Å². The first-order valence-electron chi connectivity index (χ1n) is 5.13. The molecule has 3 rings (SSSR count). The summed E-state index contributed by atoms with van der Waals surface area (Å²) in [5, 5.41) is 9.01. The zero-order chi connectivity index (χ0) is 12.5. The van der Waals surface area contributed by atoms with Crippen molar-refractivity contribution < 1.29 is 4.79 Å². The van der Waals surface area contributed by atoms with Crippen molar-refractivity contribution in [3.8, 4) is 0 Å². The van der Waals surface area contributed by atoms with Crippen LogP contribution in [0.4, 0.5) is 5.13 Å². The van der Waals surface area contributed by atoms with E-state index in [1.54, 1.807) is 23.8 Å². The predicted octanol–water partition coefficient (Wildman–Crippen LogP) is 1.14. The molecule has 0 saturated carbocycles. The van der Waals surface area contributed by atoms with Crippen LogP contribution in [-0.2, 0) is 0 Å². The molecule has 0 aliphatic carbocycles. The Bertz CT molecular complexity index is 704. The Morgan fingerprint density at radius 3 is 3.00 bits per heavy atom. The number of aryl methyl sites for hydroxylation is 1. The van der Waals surface area contributed by atoms with Gasteiger partial charge in [-0.15, -0.1) is 16.4 Å². The van der Waals surface area contributed by atoms with Crippen molar-refractivity contribution in [3.63, 3.8) is 0 Å². The Hall–Kier alpha value is -2.35.